The molecule has 0 aliphatic carbocycles. The van der Waals surface area contributed by atoms with Crippen molar-refractivity contribution < 1.29 is 26.5 Å². The first-order valence-electron chi connectivity index (χ1n) is 28.3. The second kappa shape index (κ2) is 17.1. The summed E-state index contributed by atoms with van der Waals surface area (Å²) >= 11 is 0. The maximum atomic E-state index is 6.62. The lowest BCUT2D eigenvalue weighted by atomic mass is 9.92. The summed E-state index contributed by atoms with van der Waals surface area (Å²) < 4.78 is 39.2. The van der Waals surface area contributed by atoms with Crippen molar-refractivity contribution in [3.05, 3.63) is 255 Å². The molecule has 0 amide bonds. The van der Waals surface area contributed by atoms with Gasteiger partial charge in [0.05, 0.1) is 0 Å². The SMILES string of the molecule is c1ccc(-c2ccc3oc4cc5oc6ccc(-c7cc(-c8ccc9oc%10cc%11oc%12ccc(-c%13ccccc%13)cc%12c%11cc%10c9c8)cc(-c8ccc9oc%10cc%11oc%12ccc(-c%13ccccc%13)cc%12c%11cc%10c9c8)c7)cc6c5cc4c3c2)cc1. The summed E-state index contributed by atoms with van der Waals surface area (Å²) in [5, 5.41) is 12.6. The van der Waals surface area contributed by atoms with Crippen LogP contribution in [0.2, 0.25) is 0 Å². The van der Waals surface area contributed by atoms with E-state index in [1.807, 2.05) is 36.4 Å². The van der Waals surface area contributed by atoms with Crippen LogP contribution in [-0.4, -0.2) is 0 Å². The average Bonchev–Trinajstić information content (AvgIpc) is 3.07. The van der Waals surface area contributed by atoms with Crippen LogP contribution in [0.4, 0.5) is 0 Å². The lowest BCUT2D eigenvalue weighted by molar-refractivity contribution is 0.655. The second-order valence-corrected chi connectivity index (χ2v) is 22.3. The lowest BCUT2D eigenvalue weighted by Gasteiger charge is -2.12. The summed E-state index contributed by atoms with van der Waals surface area (Å²) in [6.07, 6.45) is 0. The molecule has 13 aromatic carbocycles. The summed E-state index contributed by atoms with van der Waals surface area (Å²) in [7, 11) is 0. The van der Waals surface area contributed by atoms with E-state index in [1.165, 1.54) is 0 Å². The molecule has 19 rings (SSSR count). The quantitative estimate of drug-likeness (QED) is 0.165. The van der Waals surface area contributed by atoms with Crippen LogP contribution >= 0.6 is 0 Å². The molecular formula is C78H42O6. The zero-order chi connectivity index (χ0) is 54.7. The summed E-state index contributed by atoms with van der Waals surface area (Å²) in [5.74, 6) is 0. The van der Waals surface area contributed by atoms with Crippen molar-refractivity contribution in [2.24, 2.45) is 0 Å². The molecule has 84 heavy (non-hydrogen) atoms. The molecule has 0 N–H and O–H groups in total. The van der Waals surface area contributed by atoms with Gasteiger partial charge in [0, 0.05) is 82.8 Å². The van der Waals surface area contributed by atoms with Gasteiger partial charge in [-0.1, -0.05) is 127 Å². The van der Waals surface area contributed by atoms with E-state index in [2.05, 4.69) is 218 Å². The Labute approximate surface area is 477 Å². The van der Waals surface area contributed by atoms with Crippen molar-refractivity contribution in [3.8, 4) is 66.8 Å². The van der Waals surface area contributed by atoms with Gasteiger partial charge < -0.3 is 26.5 Å². The van der Waals surface area contributed by atoms with Crippen LogP contribution in [0.15, 0.2) is 281 Å². The summed E-state index contributed by atoms with van der Waals surface area (Å²) in [5.41, 5.74) is 23.0. The molecule has 0 atom stereocenters. The number of benzene rings is 13. The van der Waals surface area contributed by atoms with Gasteiger partial charge in [-0.3, -0.25) is 0 Å². The molecule has 390 valence electrons. The Kier molecular flexibility index (Phi) is 9.24. The zero-order valence-electron chi connectivity index (χ0n) is 44.7. The van der Waals surface area contributed by atoms with Gasteiger partial charge in [-0.2, -0.15) is 0 Å². The lowest BCUT2D eigenvalue weighted by Crippen LogP contribution is -1.87. The first-order valence-corrected chi connectivity index (χ1v) is 28.3. The van der Waals surface area contributed by atoms with Crippen LogP contribution in [0, 0.1) is 0 Å². The minimum atomic E-state index is 0.780. The van der Waals surface area contributed by atoms with E-state index in [1.54, 1.807) is 0 Å². The van der Waals surface area contributed by atoms with E-state index in [4.69, 9.17) is 26.5 Å². The molecule has 0 aliphatic heterocycles. The Balaban J connectivity index is 0.787. The molecule has 0 saturated carbocycles. The van der Waals surface area contributed by atoms with Gasteiger partial charge in [0.25, 0.3) is 0 Å². The molecular weight excluding hydrogens is 1030 g/mol. The monoisotopic (exact) mass is 1070 g/mol. The molecule has 0 aliphatic rings. The molecule has 6 heterocycles. The normalized spacial score (nSPS) is 12.3. The molecule has 0 saturated heterocycles. The highest BCUT2D eigenvalue weighted by atomic mass is 16.4. The van der Waals surface area contributed by atoms with Gasteiger partial charge in [0.2, 0.25) is 0 Å². The Morgan fingerprint density at radius 1 is 0.119 bits per heavy atom. The molecule has 0 spiro atoms. The average molecular weight is 1080 g/mol. The third-order valence-electron chi connectivity index (χ3n) is 17.4. The maximum Gasteiger partial charge on any atom is 0.139 e. The topological polar surface area (TPSA) is 78.8 Å². The largest absolute Gasteiger partial charge is 0.456 e. The molecule has 6 nitrogen and oxygen atoms in total. The van der Waals surface area contributed by atoms with Crippen molar-refractivity contribution in [1.82, 2.24) is 0 Å². The third kappa shape index (κ3) is 6.92. The zero-order valence-corrected chi connectivity index (χ0v) is 44.7. The first-order chi connectivity index (χ1) is 41.5. The van der Waals surface area contributed by atoms with Crippen molar-refractivity contribution in [3.63, 3.8) is 0 Å². The first kappa shape index (κ1) is 45.4. The standard InChI is InChI=1S/C78H42O6/c1-4-10-43(11-5-1)46-16-22-67-55(31-46)61-37-64-58-34-49(19-25-70(58)82-76(64)40-73(61)79-67)52-28-53(50-20-26-71-59(35-50)65-38-62-56-32-47(44-12-6-2-7-13-44)17-23-68(56)80-74(62)41-77(65)83-71)30-54(29-52)51-21-27-72-60(36-51)66-39-63-57-33-48(45-14-8-3-9-15-45)18-24-69(57)81-75(63)42-78(66)84-72/h1-42H. The molecule has 6 heteroatoms. The van der Waals surface area contributed by atoms with Crippen LogP contribution in [-0.2, 0) is 0 Å². The van der Waals surface area contributed by atoms with E-state index in [-0.39, 0.29) is 0 Å². The second-order valence-electron chi connectivity index (χ2n) is 22.3. The molecule has 0 unspecified atom stereocenters. The molecule has 19 aromatic rings. The number of hydrogen-bond donors (Lipinski definition) is 0. The minimum absolute atomic E-state index is 0.780. The van der Waals surface area contributed by atoms with Gasteiger partial charge in [0.1, 0.15) is 67.0 Å². The van der Waals surface area contributed by atoms with Gasteiger partial charge in [0.15, 0.2) is 0 Å². The summed E-state index contributed by atoms with van der Waals surface area (Å²) in [6, 6.07) is 90.2. The fourth-order valence-corrected chi connectivity index (χ4v) is 13.2. The summed E-state index contributed by atoms with van der Waals surface area (Å²) in [6.45, 7) is 0. The number of furan rings is 6. The predicted octanol–water partition coefficient (Wildman–Crippen LogP) is 23.1. The summed E-state index contributed by atoms with van der Waals surface area (Å²) in [4.78, 5) is 0. The van der Waals surface area contributed by atoms with E-state index >= 15 is 0 Å². The predicted molar refractivity (Wildman–Crippen MR) is 343 cm³/mol. The van der Waals surface area contributed by atoms with Crippen LogP contribution in [0.1, 0.15) is 0 Å². The van der Waals surface area contributed by atoms with Gasteiger partial charge >= 0.3 is 0 Å². The van der Waals surface area contributed by atoms with Crippen LogP contribution in [0.25, 0.3) is 198 Å². The van der Waals surface area contributed by atoms with E-state index in [0.29, 0.717) is 0 Å². The molecule has 0 radical (unpaired) electrons. The van der Waals surface area contributed by atoms with Gasteiger partial charge in [-0.25, -0.2) is 0 Å². The molecule has 6 aromatic heterocycles. The Morgan fingerprint density at radius 3 is 0.524 bits per heavy atom. The number of rotatable bonds is 6. The maximum absolute atomic E-state index is 6.62. The Hall–Kier alpha value is -11.3. The highest BCUT2D eigenvalue weighted by Crippen LogP contribution is 2.45. The molecule has 0 fully saturated rings. The fraction of sp³-hybridized carbons (Fsp3) is 0. The van der Waals surface area contributed by atoms with Crippen LogP contribution in [0.5, 0.6) is 0 Å². The van der Waals surface area contributed by atoms with Crippen molar-refractivity contribution >= 4 is 132 Å². The number of hydrogen-bond acceptors (Lipinski definition) is 6. The molecule has 0 bridgehead atoms. The smallest absolute Gasteiger partial charge is 0.139 e. The van der Waals surface area contributed by atoms with Crippen LogP contribution < -0.4 is 0 Å². The Morgan fingerprint density at radius 2 is 0.310 bits per heavy atom. The van der Waals surface area contributed by atoms with E-state index in [0.717, 1.165) is 198 Å². The van der Waals surface area contributed by atoms with E-state index in [9.17, 15) is 0 Å². The van der Waals surface area contributed by atoms with Crippen molar-refractivity contribution in [2.45, 2.75) is 0 Å². The highest BCUT2D eigenvalue weighted by Gasteiger charge is 2.21. The highest BCUT2D eigenvalue weighted by molar-refractivity contribution is 6.19. The third-order valence-corrected chi connectivity index (χ3v) is 17.4. The van der Waals surface area contributed by atoms with Crippen molar-refractivity contribution in [1.29, 1.82) is 0 Å². The van der Waals surface area contributed by atoms with Gasteiger partial charge in [-0.15, -0.1) is 0 Å². The van der Waals surface area contributed by atoms with Crippen molar-refractivity contribution in [2.75, 3.05) is 0 Å². The van der Waals surface area contributed by atoms with E-state index < -0.39 is 0 Å². The Bertz CT molecular complexity index is 5370. The van der Waals surface area contributed by atoms with Crippen LogP contribution in [0.3, 0.4) is 0 Å². The fourth-order valence-electron chi connectivity index (χ4n) is 13.2. The number of fused-ring (bicyclic) bond motifs is 18. The van der Waals surface area contributed by atoms with Gasteiger partial charge in [-0.05, 0) is 176 Å². The minimum Gasteiger partial charge on any atom is -0.456 e.